The van der Waals surface area contributed by atoms with Crippen LogP contribution >= 0.6 is 0 Å². The van der Waals surface area contributed by atoms with Crippen molar-refractivity contribution in [2.45, 2.75) is 25.4 Å². The van der Waals surface area contributed by atoms with Gasteiger partial charge in [0.05, 0.1) is 24.9 Å². The van der Waals surface area contributed by atoms with Gasteiger partial charge in [-0.1, -0.05) is 36.4 Å². The van der Waals surface area contributed by atoms with E-state index in [1.165, 1.54) is 0 Å². The van der Waals surface area contributed by atoms with Crippen molar-refractivity contribution in [1.29, 1.82) is 0 Å². The predicted octanol–water partition coefficient (Wildman–Crippen LogP) is 3.28. The van der Waals surface area contributed by atoms with Crippen LogP contribution in [0.2, 0.25) is 0 Å². The van der Waals surface area contributed by atoms with Crippen molar-refractivity contribution in [2.75, 3.05) is 6.61 Å². The summed E-state index contributed by atoms with van der Waals surface area (Å²) in [5.74, 6) is 0.884. The number of amides is 2. The van der Waals surface area contributed by atoms with E-state index in [1.807, 2.05) is 18.2 Å². The molecule has 25 heavy (non-hydrogen) atoms. The molecule has 1 aliphatic rings. The van der Waals surface area contributed by atoms with Crippen molar-refractivity contribution in [1.82, 2.24) is 20.8 Å². The number of benzene rings is 2. The number of carbonyl (C=O) groups is 1. The van der Waals surface area contributed by atoms with Crippen LogP contribution in [0.1, 0.15) is 30.1 Å². The van der Waals surface area contributed by atoms with E-state index < -0.39 is 0 Å². The summed E-state index contributed by atoms with van der Waals surface area (Å²) in [4.78, 5) is 12.3. The standard InChI is InChI=1S/C19H20N4O2/c24-19(20-12-14-9-10-21-23-14)22-17-6-3-11-25-18-15-5-2-1-4-13(15)7-8-16(17)18/h1-2,4-5,7-10,17H,3,6,11-12H2,(H,21,23)(H2,20,22,24)/t17-/m1/s1. The van der Waals surface area contributed by atoms with E-state index in [1.54, 1.807) is 6.20 Å². The Kier molecular flexibility index (Phi) is 4.24. The summed E-state index contributed by atoms with van der Waals surface area (Å²) in [6, 6.07) is 13.9. The molecule has 6 heteroatoms. The van der Waals surface area contributed by atoms with Crippen LogP contribution in [0.3, 0.4) is 0 Å². The smallest absolute Gasteiger partial charge is 0.315 e. The van der Waals surface area contributed by atoms with Gasteiger partial charge in [0.25, 0.3) is 0 Å². The molecule has 0 bridgehead atoms. The molecule has 1 atom stereocenters. The lowest BCUT2D eigenvalue weighted by atomic mass is 9.98. The normalized spacial score (nSPS) is 16.6. The van der Waals surface area contributed by atoms with E-state index in [0.29, 0.717) is 13.2 Å². The second-order valence-electron chi connectivity index (χ2n) is 6.16. The average Bonchev–Trinajstić information content (AvgIpc) is 3.08. The molecule has 3 aromatic rings. The van der Waals surface area contributed by atoms with Gasteiger partial charge in [-0.05, 0) is 24.3 Å². The summed E-state index contributed by atoms with van der Waals surface area (Å²) >= 11 is 0. The molecule has 6 nitrogen and oxygen atoms in total. The molecule has 2 heterocycles. The van der Waals surface area contributed by atoms with E-state index in [2.05, 4.69) is 45.1 Å². The Morgan fingerprint density at radius 3 is 3.04 bits per heavy atom. The fourth-order valence-electron chi connectivity index (χ4n) is 3.23. The van der Waals surface area contributed by atoms with Gasteiger partial charge < -0.3 is 15.4 Å². The van der Waals surface area contributed by atoms with Crippen LogP contribution in [0.5, 0.6) is 5.75 Å². The lowest BCUT2D eigenvalue weighted by Crippen LogP contribution is -2.37. The van der Waals surface area contributed by atoms with Crippen molar-refractivity contribution in [3.05, 3.63) is 59.9 Å². The largest absolute Gasteiger partial charge is 0.493 e. The molecule has 0 spiro atoms. The highest BCUT2D eigenvalue weighted by Gasteiger charge is 2.23. The first kappa shape index (κ1) is 15.5. The molecule has 0 saturated heterocycles. The molecule has 3 N–H and O–H groups in total. The lowest BCUT2D eigenvalue weighted by molar-refractivity contribution is 0.235. The topological polar surface area (TPSA) is 79.0 Å². The maximum absolute atomic E-state index is 12.3. The number of urea groups is 1. The highest BCUT2D eigenvalue weighted by molar-refractivity contribution is 5.90. The van der Waals surface area contributed by atoms with Crippen LogP contribution in [0.25, 0.3) is 10.8 Å². The van der Waals surface area contributed by atoms with Crippen molar-refractivity contribution in [3.63, 3.8) is 0 Å². The molecule has 1 aromatic heterocycles. The summed E-state index contributed by atoms with van der Waals surface area (Å²) in [6.07, 6.45) is 3.41. The van der Waals surface area contributed by atoms with E-state index in [0.717, 1.165) is 40.6 Å². The van der Waals surface area contributed by atoms with E-state index in [-0.39, 0.29) is 12.1 Å². The van der Waals surface area contributed by atoms with Crippen molar-refractivity contribution in [2.24, 2.45) is 0 Å². The number of ether oxygens (including phenoxy) is 1. The van der Waals surface area contributed by atoms with Gasteiger partial charge in [-0.3, -0.25) is 5.10 Å². The summed E-state index contributed by atoms with van der Waals surface area (Å²) in [5.41, 5.74) is 1.90. The maximum Gasteiger partial charge on any atom is 0.315 e. The third kappa shape index (κ3) is 3.28. The van der Waals surface area contributed by atoms with Crippen LogP contribution in [-0.2, 0) is 6.54 Å². The molecule has 0 saturated carbocycles. The zero-order valence-corrected chi connectivity index (χ0v) is 13.8. The number of fused-ring (bicyclic) bond motifs is 3. The number of nitrogens with zero attached hydrogens (tertiary/aromatic N) is 1. The quantitative estimate of drug-likeness (QED) is 0.687. The van der Waals surface area contributed by atoms with Crippen molar-refractivity contribution in [3.8, 4) is 5.75 Å². The number of aromatic amines is 1. The molecule has 2 aromatic carbocycles. The molecule has 2 amide bonds. The summed E-state index contributed by atoms with van der Waals surface area (Å²) in [5, 5.41) is 14.9. The molecular weight excluding hydrogens is 316 g/mol. The highest BCUT2D eigenvalue weighted by Crippen LogP contribution is 2.37. The second-order valence-corrected chi connectivity index (χ2v) is 6.16. The number of H-pyrrole nitrogens is 1. The summed E-state index contributed by atoms with van der Waals surface area (Å²) in [6.45, 7) is 1.08. The van der Waals surface area contributed by atoms with Crippen LogP contribution in [0, 0.1) is 0 Å². The number of rotatable bonds is 3. The maximum atomic E-state index is 12.3. The molecule has 0 radical (unpaired) electrons. The zero-order valence-electron chi connectivity index (χ0n) is 13.8. The Labute approximate surface area is 145 Å². The van der Waals surface area contributed by atoms with Gasteiger partial charge in [0.1, 0.15) is 5.75 Å². The zero-order chi connectivity index (χ0) is 17.1. The Hall–Kier alpha value is -3.02. The van der Waals surface area contributed by atoms with Gasteiger partial charge in [-0.2, -0.15) is 5.10 Å². The monoisotopic (exact) mass is 336 g/mol. The molecule has 0 fully saturated rings. The minimum absolute atomic E-state index is 0.0659. The van der Waals surface area contributed by atoms with Crippen molar-refractivity contribution < 1.29 is 9.53 Å². The Morgan fingerprint density at radius 1 is 1.24 bits per heavy atom. The number of carbonyl (C=O) groups excluding carboxylic acids is 1. The first-order chi connectivity index (χ1) is 12.3. The predicted molar refractivity (Wildman–Crippen MR) is 95.4 cm³/mol. The Bertz CT molecular complexity index is 876. The van der Waals surface area contributed by atoms with E-state index in [9.17, 15) is 4.79 Å². The van der Waals surface area contributed by atoms with Crippen LogP contribution in [0.15, 0.2) is 48.7 Å². The highest BCUT2D eigenvalue weighted by atomic mass is 16.5. The fraction of sp³-hybridized carbons (Fsp3) is 0.263. The van der Waals surface area contributed by atoms with E-state index >= 15 is 0 Å². The number of hydrogen-bond donors (Lipinski definition) is 3. The number of hydrogen-bond acceptors (Lipinski definition) is 3. The first-order valence-electron chi connectivity index (χ1n) is 8.48. The van der Waals surface area contributed by atoms with Gasteiger partial charge >= 0.3 is 6.03 Å². The van der Waals surface area contributed by atoms with Crippen LogP contribution < -0.4 is 15.4 Å². The SMILES string of the molecule is O=C(NCc1ccn[nH]1)N[C@@H]1CCCOc2c1ccc1ccccc21. The number of aromatic nitrogens is 2. The fourth-order valence-corrected chi connectivity index (χ4v) is 3.23. The lowest BCUT2D eigenvalue weighted by Gasteiger charge is -2.19. The minimum Gasteiger partial charge on any atom is -0.493 e. The van der Waals surface area contributed by atoms with Gasteiger partial charge in [0.15, 0.2) is 0 Å². The van der Waals surface area contributed by atoms with E-state index in [4.69, 9.17) is 4.74 Å². The van der Waals surface area contributed by atoms with Crippen molar-refractivity contribution >= 4 is 16.8 Å². The van der Waals surface area contributed by atoms with Gasteiger partial charge in [0.2, 0.25) is 0 Å². The summed E-state index contributed by atoms with van der Waals surface area (Å²) in [7, 11) is 0. The third-order valence-electron chi connectivity index (χ3n) is 4.47. The molecule has 1 aliphatic heterocycles. The third-order valence-corrected chi connectivity index (χ3v) is 4.47. The van der Waals surface area contributed by atoms with Gasteiger partial charge in [0, 0.05) is 17.1 Å². The molecule has 4 rings (SSSR count). The second kappa shape index (κ2) is 6.84. The van der Waals surface area contributed by atoms with Crippen LogP contribution in [-0.4, -0.2) is 22.8 Å². The van der Waals surface area contributed by atoms with Crippen LogP contribution in [0.4, 0.5) is 4.79 Å². The molecular formula is C19H20N4O2. The molecule has 128 valence electrons. The minimum atomic E-state index is -0.194. The molecule has 0 unspecified atom stereocenters. The number of nitrogens with one attached hydrogen (secondary N) is 3. The average molecular weight is 336 g/mol. The summed E-state index contributed by atoms with van der Waals surface area (Å²) < 4.78 is 6.01. The first-order valence-corrected chi connectivity index (χ1v) is 8.48. The van der Waals surface area contributed by atoms with Gasteiger partial charge in [-0.15, -0.1) is 0 Å². The Balaban J connectivity index is 1.54. The Morgan fingerprint density at radius 2 is 2.16 bits per heavy atom. The van der Waals surface area contributed by atoms with Gasteiger partial charge in [-0.25, -0.2) is 4.79 Å². The molecule has 0 aliphatic carbocycles.